The summed E-state index contributed by atoms with van der Waals surface area (Å²) in [5, 5.41) is 0. The number of pyridine rings is 1. The molecule has 0 fully saturated rings. The molecule has 0 unspecified atom stereocenters. The number of nitrogens with zero attached hydrogens (tertiary/aromatic N) is 1. The quantitative estimate of drug-likeness (QED) is 0.852. The molecule has 0 spiro atoms. The van der Waals surface area contributed by atoms with Crippen LogP contribution in [-0.2, 0) is 6.54 Å². The van der Waals surface area contributed by atoms with Crippen LogP contribution in [-0.4, -0.2) is 4.98 Å². The highest BCUT2D eigenvalue weighted by Gasteiger charge is 2.18. The molecule has 0 aliphatic carbocycles. The summed E-state index contributed by atoms with van der Waals surface area (Å²) < 4.78 is 25.7. The number of alkyl halides is 2. The number of rotatable bonds is 2. The Labute approximate surface area is 90.8 Å². The molecule has 6 heteroatoms. The Morgan fingerprint density at radius 3 is 2.46 bits per heavy atom. The highest BCUT2D eigenvalue weighted by Crippen LogP contribution is 2.32. The molecule has 1 heterocycles. The predicted molar refractivity (Wildman–Crippen MR) is 52.5 cm³/mol. The van der Waals surface area contributed by atoms with Crippen LogP contribution in [0.1, 0.15) is 17.6 Å². The molecule has 0 amide bonds. The Bertz CT molecular complexity index is 318. The zero-order valence-corrected chi connectivity index (χ0v) is 9.57. The molecule has 0 radical (unpaired) electrons. The maximum atomic E-state index is 12.5. The second-order valence-corrected chi connectivity index (χ2v) is 3.90. The summed E-state index contributed by atoms with van der Waals surface area (Å²) in [6, 6.07) is 0. The van der Waals surface area contributed by atoms with Crippen LogP contribution in [0.4, 0.5) is 8.78 Å². The lowest BCUT2D eigenvalue weighted by Crippen LogP contribution is -2.05. The van der Waals surface area contributed by atoms with Gasteiger partial charge in [0.05, 0.1) is 0 Å². The van der Waals surface area contributed by atoms with E-state index in [2.05, 4.69) is 36.8 Å². The molecular weight excluding hydrogens is 310 g/mol. The van der Waals surface area contributed by atoms with E-state index in [0.717, 1.165) is 0 Å². The topological polar surface area (TPSA) is 38.9 Å². The van der Waals surface area contributed by atoms with Crippen LogP contribution in [0.15, 0.2) is 15.3 Å². The van der Waals surface area contributed by atoms with Crippen LogP contribution in [0.3, 0.4) is 0 Å². The molecule has 0 saturated carbocycles. The van der Waals surface area contributed by atoms with Gasteiger partial charge in [-0.15, -0.1) is 0 Å². The zero-order chi connectivity index (χ0) is 10.0. The monoisotopic (exact) mass is 314 g/mol. The second-order valence-electron chi connectivity index (χ2n) is 2.29. The summed E-state index contributed by atoms with van der Waals surface area (Å²) in [6.07, 6.45) is -1.22. The highest BCUT2D eigenvalue weighted by molar-refractivity contribution is 9.11. The Morgan fingerprint density at radius 1 is 1.46 bits per heavy atom. The van der Waals surface area contributed by atoms with E-state index >= 15 is 0 Å². The van der Waals surface area contributed by atoms with Gasteiger partial charge in [0.25, 0.3) is 6.43 Å². The minimum atomic E-state index is -2.55. The summed E-state index contributed by atoms with van der Waals surface area (Å²) in [7, 11) is 0. The molecule has 1 rings (SSSR count). The first kappa shape index (κ1) is 11.0. The Balaban J connectivity index is 3.35. The van der Waals surface area contributed by atoms with E-state index in [4.69, 9.17) is 5.73 Å². The summed E-state index contributed by atoms with van der Waals surface area (Å²) >= 11 is 6.07. The smallest absolute Gasteiger partial charge is 0.265 e. The van der Waals surface area contributed by atoms with Gasteiger partial charge in [-0.1, -0.05) is 0 Å². The third-order valence-corrected chi connectivity index (χ3v) is 2.86. The molecule has 0 saturated heterocycles. The maximum Gasteiger partial charge on any atom is 0.265 e. The number of nitrogens with two attached hydrogens (primary N) is 1. The van der Waals surface area contributed by atoms with E-state index in [1.165, 1.54) is 6.20 Å². The lowest BCUT2D eigenvalue weighted by Gasteiger charge is -2.09. The number of hydrogen-bond acceptors (Lipinski definition) is 2. The lowest BCUT2D eigenvalue weighted by molar-refractivity contribution is 0.149. The van der Waals surface area contributed by atoms with E-state index in [-0.39, 0.29) is 16.6 Å². The van der Waals surface area contributed by atoms with Crippen molar-refractivity contribution in [1.29, 1.82) is 0 Å². The molecule has 1 aromatic heterocycles. The van der Waals surface area contributed by atoms with Crippen molar-refractivity contribution in [2.45, 2.75) is 13.0 Å². The van der Waals surface area contributed by atoms with Crippen LogP contribution in [0, 0.1) is 0 Å². The molecule has 2 N–H and O–H groups in total. The molecular formula is C7H6Br2F2N2. The first-order valence-electron chi connectivity index (χ1n) is 3.39. The van der Waals surface area contributed by atoms with E-state index in [0.29, 0.717) is 10.2 Å². The van der Waals surface area contributed by atoms with Gasteiger partial charge in [0.2, 0.25) is 0 Å². The minimum Gasteiger partial charge on any atom is -0.326 e. The van der Waals surface area contributed by atoms with Crippen LogP contribution in [0.5, 0.6) is 0 Å². The Kier molecular flexibility index (Phi) is 3.75. The van der Waals surface area contributed by atoms with Gasteiger partial charge >= 0.3 is 0 Å². The first-order valence-corrected chi connectivity index (χ1v) is 4.97. The Morgan fingerprint density at radius 2 is 2.08 bits per heavy atom. The molecule has 0 aliphatic heterocycles. The van der Waals surface area contributed by atoms with Crippen molar-refractivity contribution in [2.75, 3.05) is 0 Å². The van der Waals surface area contributed by atoms with Gasteiger partial charge < -0.3 is 5.73 Å². The third kappa shape index (κ3) is 2.24. The molecule has 72 valence electrons. The molecule has 0 aliphatic rings. The first-order chi connectivity index (χ1) is 6.07. The van der Waals surface area contributed by atoms with Gasteiger partial charge in [-0.05, 0) is 31.9 Å². The summed E-state index contributed by atoms with van der Waals surface area (Å²) in [6.45, 7) is 0.0344. The largest absolute Gasteiger partial charge is 0.326 e. The van der Waals surface area contributed by atoms with E-state index in [9.17, 15) is 8.78 Å². The van der Waals surface area contributed by atoms with E-state index in [1.807, 2.05) is 0 Å². The molecule has 0 bridgehead atoms. The number of hydrogen-bond donors (Lipinski definition) is 1. The average Bonchev–Trinajstić information content (AvgIpc) is 2.07. The van der Waals surface area contributed by atoms with Crippen molar-refractivity contribution < 1.29 is 8.78 Å². The van der Waals surface area contributed by atoms with E-state index in [1.54, 1.807) is 0 Å². The summed E-state index contributed by atoms with van der Waals surface area (Å²) in [4.78, 5) is 3.85. The van der Waals surface area contributed by atoms with Gasteiger partial charge in [-0.25, -0.2) is 13.8 Å². The average molecular weight is 316 g/mol. The minimum absolute atomic E-state index is 0.0344. The number of halogens is 4. The zero-order valence-electron chi connectivity index (χ0n) is 6.40. The fourth-order valence-electron chi connectivity index (χ4n) is 0.946. The van der Waals surface area contributed by atoms with Crippen molar-refractivity contribution in [1.82, 2.24) is 4.98 Å². The molecule has 0 atom stereocenters. The van der Waals surface area contributed by atoms with Crippen molar-refractivity contribution in [3.63, 3.8) is 0 Å². The Hall–Kier alpha value is -0.0700. The van der Waals surface area contributed by atoms with Crippen molar-refractivity contribution >= 4 is 31.9 Å². The summed E-state index contributed by atoms with van der Waals surface area (Å²) in [5.74, 6) is 0. The number of aromatic nitrogens is 1. The van der Waals surface area contributed by atoms with Crippen LogP contribution < -0.4 is 5.73 Å². The molecule has 13 heavy (non-hydrogen) atoms. The van der Waals surface area contributed by atoms with Crippen molar-refractivity contribution in [3.8, 4) is 0 Å². The van der Waals surface area contributed by atoms with Crippen LogP contribution in [0.25, 0.3) is 0 Å². The summed E-state index contributed by atoms with van der Waals surface area (Å²) in [5.41, 5.74) is 5.58. The van der Waals surface area contributed by atoms with E-state index < -0.39 is 6.43 Å². The molecule has 1 aromatic rings. The van der Waals surface area contributed by atoms with Crippen LogP contribution >= 0.6 is 31.9 Å². The van der Waals surface area contributed by atoms with Gasteiger partial charge in [0, 0.05) is 28.3 Å². The molecule has 2 nitrogen and oxygen atoms in total. The molecule has 0 aromatic carbocycles. The van der Waals surface area contributed by atoms with Gasteiger partial charge in [-0.3, -0.25) is 0 Å². The predicted octanol–water partition coefficient (Wildman–Crippen LogP) is 3.00. The van der Waals surface area contributed by atoms with Crippen molar-refractivity contribution in [3.05, 3.63) is 26.4 Å². The van der Waals surface area contributed by atoms with Crippen LogP contribution in [0.2, 0.25) is 0 Å². The lowest BCUT2D eigenvalue weighted by atomic mass is 10.1. The SMILES string of the molecule is NCc1c(Br)ncc(Br)c1C(F)F. The fraction of sp³-hybridized carbons (Fsp3) is 0.286. The van der Waals surface area contributed by atoms with Crippen molar-refractivity contribution in [2.24, 2.45) is 5.73 Å². The van der Waals surface area contributed by atoms with Gasteiger partial charge in [0.1, 0.15) is 4.60 Å². The van der Waals surface area contributed by atoms with Gasteiger partial charge in [0.15, 0.2) is 0 Å². The maximum absolute atomic E-state index is 12.5. The second kappa shape index (κ2) is 4.43. The standard InChI is InChI=1S/C7H6Br2F2N2/c8-4-2-13-6(9)3(1-12)5(4)7(10)11/h2,7H,1,12H2. The van der Waals surface area contributed by atoms with Gasteiger partial charge in [-0.2, -0.15) is 0 Å². The third-order valence-electron chi connectivity index (χ3n) is 1.55. The fourth-order valence-corrected chi connectivity index (χ4v) is 1.94. The highest BCUT2D eigenvalue weighted by atomic mass is 79.9. The normalized spacial score (nSPS) is 10.9.